The minimum Gasteiger partial charge on any atom is -0.491 e. The van der Waals surface area contributed by atoms with Gasteiger partial charge in [0.05, 0.1) is 43.5 Å². The molecule has 1 aliphatic heterocycles. The highest BCUT2D eigenvalue weighted by Gasteiger charge is 2.43. The summed E-state index contributed by atoms with van der Waals surface area (Å²) < 4.78 is 16.5. The third-order valence-electron chi connectivity index (χ3n) is 15.7. The number of hydrogen-bond acceptors (Lipinski definition) is 9. The standard InChI is InChI=1S/C64H91NO4S5/c1-8-15-20-23-26-29-34-47-36-39-70-57(47)61-53-54(64(67)65(63(53)66)38-31-28-25-22-17-10-3)62(74-61)58-48(35-30-27-24-21-16-9-2)41-51(72-58)52-42-50-56(69-44-46(14-7)33-19-12-5)59-49(37-40-71-59)55(60(50)73-52)68-43-45(13-6)32-18-11-4/h36-37,39-42,45-46H,8-35,38,43-44H2,1-7H3. The molecular formula is C64H91NO4S5. The Bertz CT molecular complexity index is 2570. The molecule has 6 heterocycles. The average Bonchev–Trinajstić information content (AvgIpc) is 4.29. The van der Waals surface area contributed by atoms with Crippen LogP contribution in [-0.2, 0) is 12.8 Å². The number of thiophene rings is 5. The van der Waals surface area contributed by atoms with Gasteiger partial charge in [-0.1, -0.05) is 183 Å². The number of benzene rings is 1. The molecule has 0 N–H and O–H groups in total. The summed E-state index contributed by atoms with van der Waals surface area (Å²) in [5.74, 6) is 2.84. The van der Waals surface area contributed by atoms with Crippen molar-refractivity contribution in [3.8, 4) is 40.8 Å². The lowest BCUT2D eigenvalue weighted by Crippen LogP contribution is -2.31. The van der Waals surface area contributed by atoms with Crippen molar-refractivity contribution in [3.63, 3.8) is 0 Å². The first-order valence-electron chi connectivity index (χ1n) is 29.8. The van der Waals surface area contributed by atoms with E-state index in [0.29, 0.717) is 42.7 Å². The lowest BCUT2D eigenvalue weighted by molar-refractivity contribution is 0.0652. The van der Waals surface area contributed by atoms with Crippen molar-refractivity contribution in [1.82, 2.24) is 4.90 Å². The van der Waals surface area contributed by atoms with Crippen molar-refractivity contribution in [1.29, 1.82) is 0 Å². The molecule has 2 atom stereocenters. The molecule has 0 aliphatic carbocycles. The first-order chi connectivity index (χ1) is 36.3. The topological polar surface area (TPSA) is 55.8 Å². The van der Waals surface area contributed by atoms with Crippen LogP contribution in [0, 0.1) is 11.8 Å². The Balaban J connectivity index is 1.34. The van der Waals surface area contributed by atoms with Crippen LogP contribution in [0.4, 0.5) is 0 Å². The Morgan fingerprint density at radius 1 is 0.459 bits per heavy atom. The zero-order valence-electron chi connectivity index (χ0n) is 46.7. The van der Waals surface area contributed by atoms with Gasteiger partial charge in [-0.3, -0.25) is 14.5 Å². The van der Waals surface area contributed by atoms with Gasteiger partial charge in [-0.25, -0.2) is 0 Å². The summed E-state index contributed by atoms with van der Waals surface area (Å²) in [6.45, 7) is 17.9. The molecular weight excluding hydrogens is 1010 g/mol. The molecule has 0 saturated heterocycles. The van der Waals surface area contributed by atoms with Crippen molar-refractivity contribution in [2.45, 2.75) is 228 Å². The van der Waals surface area contributed by atoms with Crippen LogP contribution < -0.4 is 9.47 Å². The fraction of sp³-hybridized carbons (Fsp3) is 0.625. The molecule has 0 spiro atoms. The van der Waals surface area contributed by atoms with Crippen LogP contribution in [0.1, 0.15) is 247 Å². The summed E-state index contributed by atoms with van der Waals surface area (Å²) in [5, 5.41) is 6.72. The molecule has 5 aromatic heterocycles. The molecule has 6 aromatic rings. The molecule has 1 aromatic carbocycles. The van der Waals surface area contributed by atoms with Gasteiger partial charge in [-0.2, -0.15) is 0 Å². The van der Waals surface area contributed by atoms with Gasteiger partial charge < -0.3 is 9.47 Å². The lowest BCUT2D eigenvalue weighted by atomic mass is 10.0. The van der Waals surface area contributed by atoms with Crippen LogP contribution in [0.3, 0.4) is 0 Å². The van der Waals surface area contributed by atoms with E-state index in [1.807, 2.05) is 22.7 Å². The van der Waals surface area contributed by atoms with Gasteiger partial charge in [0.1, 0.15) is 11.5 Å². The smallest absolute Gasteiger partial charge is 0.263 e. The number of unbranched alkanes of at least 4 members (excludes halogenated alkanes) is 17. The molecule has 0 radical (unpaired) electrons. The van der Waals surface area contributed by atoms with Crippen molar-refractivity contribution < 1.29 is 19.1 Å². The van der Waals surface area contributed by atoms with Gasteiger partial charge in [0, 0.05) is 36.8 Å². The van der Waals surface area contributed by atoms with Crippen LogP contribution in [0.5, 0.6) is 11.5 Å². The summed E-state index contributed by atoms with van der Waals surface area (Å²) in [7, 11) is 0. The molecule has 0 bridgehead atoms. The largest absolute Gasteiger partial charge is 0.491 e. The number of hydrogen-bond donors (Lipinski definition) is 0. The minimum atomic E-state index is -0.0929. The molecule has 7 rings (SSSR count). The number of rotatable bonds is 38. The van der Waals surface area contributed by atoms with Crippen molar-refractivity contribution in [2.24, 2.45) is 11.8 Å². The fourth-order valence-electron chi connectivity index (χ4n) is 10.9. The molecule has 0 fully saturated rings. The van der Waals surface area contributed by atoms with Crippen molar-refractivity contribution >= 4 is 88.7 Å². The van der Waals surface area contributed by atoms with Gasteiger partial charge in [0.15, 0.2) is 0 Å². The minimum absolute atomic E-state index is 0.0891. The summed E-state index contributed by atoms with van der Waals surface area (Å²) in [4.78, 5) is 38.3. The number of carbonyl (C=O) groups is 2. The molecule has 2 unspecified atom stereocenters. The van der Waals surface area contributed by atoms with E-state index in [0.717, 1.165) is 89.8 Å². The van der Waals surface area contributed by atoms with Crippen LogP contribution in [0.25, 0.3) is 49.4 Å². The molecule has 5 nitrogen and oxygen atoms in total. The number of carbonyl (C=O) groups excluding carboxylic acids is 2. The SMILES string of the molecule is CCCCCCCCc1ccsc1-c1sc(-c2sc(-c3cc4c(OCC(CC)CCCC)c5sccc5c(OCC(CC)CCCC)c4s3)cc2CCCCCCCC)c2c1C(=O)N(CCCCCCCC)C2=O. The average molecular weight is 1100 g/mol. The number of fused-ring (bicyclic) bond motifs is 3. The maximum Gasteiger partial charge on any atom is 0.263 e. The highest BCUT2D eigenvalue weighted by atomic mass is 32.1. The Morgan fingerprint density at radius 3 is 1.54 bits per heavy atom. The van der Waals surface area contributed by atoms with E-state index in [-0.39, 0.29) is 11.8 Å². The highest BCUT2D eigenvalue weighted by Crippen LogP contribution is 2.55. The van der Waals surface area contributed by atoms with E-state index in [2.05, 4.69) is 83.5 Å². The third-order valence-corrected chi connectivity index (χ3v) is 21.6. The van der Waals surface area contributed by atoms with Crippen LogP contribution in [-0.4, -0.2) is 36.5 Å². The Kier molecular flexibility index (Phi) is 24.4. The molecule has 2 amide bonds. The number of ether oxygens (including phenoxy) is 2. The second-order valence-electron chi connectivity index (χ2n) is 21.4. The monoisotopic (exact) mass is 1100 g/mol. The van der Waals surface area contributed by atoms with E-state index in [1.54, 1.807) is 38.9 Å². The van der Waals surface area contributed by atoms with E-state index < -0.39 is 0 Å². The summed E-state index contributed by atoms with van der Waals surface area (Å²) in [6, 6.07) is 9.38. The number of nitrogens with zero attached hydrogens (tertiary/aromatic N) is 1. The van der Waals surface area contributed by atoms with Gasteiger partial charge in [0.25, 0.3) is 11.8 Å². The molecule has 10 heteroatoms. The molecule has 1 aliphatic rings. The van der Waals surface area contributed by atoms with Gasteiger partial charge in [-0.05, 0) is 103 Å². The van der Waals surface area contributed by atoms with Gasteiger partial charge in [0.2, 0.25) is 0 Å². The Labute approximate surface area is 467 Å². The Morgan fingerprint density at radius 2 is 0.959 bits per heavy atom. The lowest BCUT2D eigenvalue weighted by Gasteiger charge is -2.19. The number of aryl methyl sites for hydroxylation is 2. The second kappa shape index (κ2) is 30.8. The zero-order chi connectivity index (χ0) is 52.2. The maximum absolute atomic E-state index is 15.0. The quantitative estimate of drug-likeness (QED) is 0.0286. The number of amides is 2. The zero-order valence-corrected chi connectivity index (χ0v) is 50.7. The van der Waals surface area contributed by atoms with E-state index >= 15 is 4.79 Å². The third kappa shape index (κ3) is 14.8. The van der Waals surface area contributed by atoms with Crippen molar-refractivity contribution in [2.75, 3.05) is 19.8 Å². The summed E-state index contributed by atoms with van der Waals surface area (Å²) in [6.07, 6.45) is 32.8. The van der Waals surface area contributed by atoms with E-state index in [9.17, 15) is 4.79 Å². The maximum atomic E-state index is 15.0. The highest BCUT2D eigenvalue weighted by molar-refractivity contribution is 7.30. The predicted molar refractivity (Wildman–Crippen MR) is 328 cm³/mol. The molecule has 406 valence electrons. The normalized spacial score (nSPS) is 13.6. The van der Waals surface area contributed by atoms with E-state index in [4.69, 9.17) is 9.47 Å². The molecule has 0 saturated carbocycles. The summed E-state index contributed by atoms with van der Waals surface area (Å²) >= 11 is 8.92. The van der Waals surface area contributed by atoms with Gasteiger partial charge >= 0.3 is 0 Å². The van der Waals surface area contributed by atoms with Crippen molar-refractivity contribution in [3.05, 3.63) is 57.3 Å². The molecule has 74 heavy (non-hydrogen) atoms. The Hall–Kier alpha value is -3.02. The predicted octanol–water partition coefficient (Wildman–Crippen LogP) is 22.3. The summed E-state index contributed by atoms with van der Waals surface area (Å²) in [5.41, 5.74) is 3.94. The van der Waals surface area contributed by atoms with Crippen LogP contribution >= 0.6 is 56.7 Å². The van der Waals surface area contributed by atoms with Gasteiger partial charge in [-0.15, -0.1) is 56.7 Å². The van der Waals surface area contributed by atoms with Crippen LogP contribution in [0.15, 0.2) is 35.0 Å². The first-order valence-corrected chi connectivity index (χ1v) is 34.0. The van der Waals surface area contributed by atoms with E-state index in [1.165, 1.54) is 162 Å². The van der Waals surface area contributed by atoms with Crippen LogP contribution in [0.2, 0.25) is 0 Å². The first kappa shape index (κ1) is 58.7. The number of imide groups is 1. The second-order valence-corrected chi connectivity index (χ2v) is 26.4. The fourth-order valence-corrected chi connectivity index (χ4v) is 16.8.